The van der Waals surface area contributed by atoms with Gasteiger partial charge in [-0.05, 0) is 29.7 Å². The highest BCUT2D eigenvalue weighted by atomic mass is 16.5. The SMILES string of the molecule is COc1ccc2c(c1)C(O)C(N1CC(OC)C(OC)C1)C2. The smallest absolute Gasteiger partial charge is 0.119 e. The quantitative estimate of drug-likeness (QED) is 0.897. The molecule has 2 aliphatic rings. The zero-order chi connectivity index (χ0) is 15.0. The molecule has 1 heterocycles. The predicted molar refractivity (Wildman–Crippen MR) is 78.6 cm³/mol. The molecule has 4 unspecified atom stereocenters. The first-order valence-electron chi connectivity index (χ1n) is 7.32. The van der Waals surface area contributed by atoms with Crippen LogP contribution in [0.25, 0.3) is 0 Å². The number of aliphatic hydroxyl groups excluding tert-OH is 1. The van der Waals surface area contributed by atoms with Crippen LogP contribution in [0.15, 0.2) is 18.2 Å². The Bertz CT molecular complexity index is 495. The largest absolute Gasteiger partial charge is 0.497 e. The van der Waals surface area contributed by atoms with E-state index in [1.807, 2.05) is 12.1 Å². The van der Waals surface area contributed by atoms with Crippen LogP contribution in [0, 0.1) is 0 Å². The minimum atomic E-state index is -0.483. The number of methoxy groups -OCH3 is 3. The minimum absolute atomic E-state index is 0.0699. The molecule has 0 spiro atoms. The molecule has 0 radical (unpaired) electrons. The van der Waals surface area contributed by atoms with Crippen molar-refractivity contribution in [3.8, 4) is 5.75 Å². The lowest BCUT2D eigenvalue weighted by Gasteiger charge is -2.26. The molecule has 3 rings (SSSR count). The summed E-state index contributed by atoms with van der Waals surface area (Å²) in [6.07, 6.45) is 0.511. The maximum atomic E-state index is 10.7. The van der Waals surface area contributed by atoms with Gasteiger partial charge in [-0.1, -0.05) is 6.07 Å². The molecule has 1 saturated heterocycles. The average Bonchev–Trinajstić information content (AvgIpc) is 3.08. The molecule has 0 aromatic heterocycles. The van der Waals surface area contributed by atoms with Crippen molar-refractivity contribution in [2.75, 3.05) is 34.4 Å². The number of hydrogen-bond acceptors (Lipinski definition) is 5. The fourth-order valence-electron chi connectivity index (χ4n) is 3.53. The second kappa shape index (κ2) is 5.93. The number of hydrogen-bond donors (Lipinski definition) is 1. The number of nitrogens with zero attached hydrogens (tertiary/aromatic N) is 1. The van der Waals surface area contributed by atoms with Crippen molar-refractivity contribution in [1.82, 2.24) is 4.90 Å². The van der Waals surface area contributed by atoms with Gasteiger partial charge in [-0.15, -0.1) is 0 Å². The topological polar surface area (TPSA) is 51.2 Å². The van der Waals surface area contributed by atoms with Crippen molar-refractivity contribution in [3.63, 3.8) is 0 Å². The van der Waals surface area contributed by atoms with E-state index in [0.29, 0.717) is 0 Å². The van der Waals surface area contributed by atoms with Crippen LogP contribution in [0.4, 0.5) is 0 Å². The van der Waals surface area contributed by atoms with Crippen molar-refractivity contribution in [2.45, 2.75) is 30.8 Å². The minimum Gasteiger partial charge on any atom is -0.497 e. The van der Waals surface area contributed by atoms with Gasteiger partial charge < -0.3 is 19.3 Å². The van der Waals surface area contributed by atoms with Gasteiger partial charge in [0.25, 0.3) is 0 Å². The van der Waals surface area contributed by atoms with Gasteiger partial charge in [-0.2, -0.15) is 0 Å². The molecule has 1 aromatic carbocycles. The van der Waals surface area contributed by atoms with E-state index in [2.05, 4.69) is 11.0 Å². The van der Waals surface area contributed by atoms with Crippen LogP contribution in [0.5, 0.6) is 5.75 Å². The van der Waals surface area contributed by atoms with Crippen LogP contribution >= 0.6 is 0 Å². The summed E-state index contributed by atoms with van der Waals surface area (Å²) < 4.78 is 16.2. The standard InChI is InChI=1S/C16H23NO4/c1-19-11-5-4-10-6-13(16(18)12(10)7-11)17-8-14(20-2)15(9-17)21-3/h4-5,7,13-16,18H,6,8-9H2,1-3H3. The van der Waals surface area contributed by atoms with Crippen LogP contribution in [0.3, 0.4) is 0 Å². The van der Waals surface area contributed by atoms with E-state index < -0.39 is 6.10 Å². The Morgan fingerprint density at radius 2 is 1.76 bits per heavy atom. The van der Waals surface area contributed by atoms with Gasteiger partial charge in [0.1, 0.15) is 5.75 Å². The first-order valence-corrected chi connectivity index (χ1v) is 7.32. The third kappa shape index (κ3) is 2.55. The molecule has 0 saturated carbocycles. The molecule has 0 bridgehead atoms. The van der Waals surface area contributed by atoms with Gasteiger partial charge in [0, 0.05) is 33.4 Å². The van der Waals surface area contributed by atoms with E-state index in [9.17, 15) is 5.11 Å². The summed E-state index contributed by atoms with van der Waals surface area (Å²) >= 11 is 0. The highest BCUT2D eigenvalue weighted by molar-refractivity contribution is 5.42. The van der Waals surface area contributed by atoms with Gasteiger partial charge in [0.05, 0.1) is 25.4 Å². The summed E-state index contributed by atoms with van der Waals surface area (Å²) in [5, 5.41) is 10.7. The fourth-order valence-corrected chi connectivity index (χ4v) is 3.53. The summed E-state index contributed by atoms with van der Waals surface area (Å²) in [4.78, 5) is 2.28. The van der Waals surface area contributed by atoms with E-state index in [0.717, 1.165) is 30.8 Å². The Morgan fingerprint density at radius 3 is 2.33 bits per heavy atom. The number of likely N-dealkylation sites (tertiary alicyclic amines) is 1. The molecule has 1 aliphatic heterocycles. The summed E-state index contributed by atoms with van der Waals surface area (Å²) in [5.41, 5.74) is 2.18. The zero-order valence-electron chi connectivity index (χ0n) is 12.8. The Labute approximate surface area is 125 Å². The molecule has 1 aliphatic carbocycles. The van der Waals surface area contributed by atoms with Crippen molar-refractivity contribution in [3.05, 3.63) is 29.3 Å². The van der Waals surface area contributed by atoms with Crippen LogP contribution in [-0.2, 0) is 15.9 Å². The molecule has 1 N–H and O–H groups in total. The van der Waals surface area contributed by atoms with Crippen LogP contribution < -0.4 is 4.74 Å². The van der Waals surface area contributed by atoms with Crippen molar-refractivity contribution in [1.29, 1.82) is 0 Å². The number of rotatable bonds is 4. The third-order valence-corrected chi connectivity index (χ3v) is 4.78. The Balaban J connectivity index is 1.77. The molecule has 116 valence electrons. The summed E-state index contributed by atoms with van der Waals surface area (Å²) in [5.74, 6) is 0.791. The van der Waals surface area contributed by atoms with E-state index in [1.165, 1.54) is 5.56 Å². The van der Waals surface area contributed by atoms with E-state index >= 15 is 0 Å². The van der Waals surface area contributed by atoms with Gasteiger partial charge in [-0.25, -0.2) is 0 Å². The predicted octanol–water partition coefficient (Wildman–Crippen LogP) is 0.999. The van der Waals surface area contributed by atoms with Crippen LogP contribution in [-0.4, -0.2) is 62.7 Å². The molecule has 21 heavy (non-hydrogen) atoms. The maximum Gasteiger partial charge on any atom is 0.119 e. The molecule has 1 aromatic rings. The molecule has 4 atom stereocenters. The maximum absolute atomic E-state index is 10.7. The normalized spacial score (nSPS) is 32.4. The Kier molecular flexibility index (Phi) is 4.17. The number of benzene rings is 1. The summed E-state index contributed by atoms with van der Waals surface area (Å²) in [6.45, 7) is 1.59. The van der Waals surface area contributed by atoms with E-state index in [-0.39, 0.29) is 18.2 Å². The third-order valence-electron chi connectivity index (χ3n) is 4.78. The molecule has 0 amide bonds. The Morgan fingerprint density at radius 1 is 1.10 bits per heavy atom. The van der Waals surface area contributed by atoms with Gasteiger partial charge in [-0.3, -0.25) is 4.90 Å². The second-order valence-electron chi connectivity index (χ2n) is 5.78. The highest BCUT2D eigenvalue weighted by Crippen LogP contribution is 2.38. The lowest BCUT2D eigenvalue weighted by molar-refractivity contribution is -0.00461. The second-order valence-corrected chi connectivity index (χ2v) is 5.78. The summed E-state index contributed by atoms with van der Waals surface area (Å²) in [7, 11) is 5.07. The van der Waals surface area contributed by atoms with Crippen molar-refractivity contribution >= 4 is 0 Å². The molecule has 5 nitrogen and oxygen atoms in total. The highest BCUT2D eigenvalue weighted by Gasteiger charge is 2.42. The van der Waals surface area contributed by atoms with Gasteiger partial charge in [0.15, 0.2) is 0 Å². The lowest BCUT2D eigenvalue weighted by Crippen LogP contribution is -2.37. The number of aliphatic hydroxyl groups is 1. The summed E-state index contributed by atoms with van der Waals surface area (Å²) in [6, 6.07) is 6.03. The lowest BCUT2D eigenvalue weighted by atomic mass is 10.1. The molecule has 5 heteroatoms. The zero-order valence-corrected chi connectivity index (χ0v) is 12.8. The van der Waals surface area contributed by atoms with Gasteiger partial charge >= 0.3 is 0 Å². The Hall–Kier alpha value is -1.14. The fraction of sp³-hybridized carbons (Fsp3) is 0.625. The number of fused-ring (bicyclic) bond motifs is 1. The van der Waals surface area contributed by atoms with Crippen LogP contribution in [0.1, 0.15) is 17.2 Å². The van der Waals surface area contributed by atoms with E-state index in [4.69, 9.17) is 14.2 Å². The first-order chi connectivity index (χ1) is 10.2. The first kappa shape index (κ1) is 14.8. The molecular formula is C16H23NO4. The van der Waals surface area contributed by atoms with Crippen molar-refractivity contribution < 1.29 is 19.3 Å². The molecule has 1 fully saturated rings. The van der Waals surface area contributed by atoms with E-state index in [1.54, 1.807) is 21.3 Å². The van der Waals surface area contributed by atoms with Crippen molar-refractivity contribution in [2.24, 2.45) is 0 Å². The van der Waals surface area contributed by atoms with Crippen LogP contribution in [0.2, 0.25) is 0 Å². The number of ether oxygens (including phenoxy) is 3. The average molecular weight is 293 g/mol. The monoisotopic (exact) mass is 293 g/mol. The van der Waals surface area contributed by atoms with Gasteiger partial charge in [0.2, 0.25) is 0 Å². The molecular weight excluding hydrogens is 270 g/mol.